The monoisotopic (exact) mass is 569 g/mol. The minimum Gasteiger partial charge on any atom is -0.494 e. The summed E-state index contributed by atoms with van der Waals surface area (Å²) in [6.45, 7) is 0.782. The largest absolute Gasteiger partial charge is 0.494 e. The van der Waals surface area contributed by atoms with Gasteiger partial charge in [-0.05, 0) is 78.9 Å². The van der Waals surface area contributed by atoms with E-state index in [4.69, 9.17) is 4.74 Å². The fraction of sp³-hybridized carbons (Fsp3) is 0.200. The lowest BCUT2D eigenvalue weighted by Crippen LogP contribution is -2.33. The van der Waals surface area contributed by atoms with E-state index in [0.717, 1.165) is 18.8 Å². The minimum absolute atomic E-state index is 0.782. The highest BCUT2D eigenvalue weighted by Crippen LogP contribution is 2.56. The first-order chi connectivity index (χ1) is 20.8. The molecule has 0 fully saturated rings. The van der Waals surface area contributed by atoms with E-state index < -0.39 is 7.26 Å². The third-order valence-corrected chi connectivity index (χ3v) is 12.4. The molecule has 5 rings (SSSR count). The molecule has 0 bridgehead atoms. The van der Waals surface area contributed by atoms with Gasteiger partial charge in [-0.25, -0.2) is 0 Å². The van der Waals surface area contributed by atoms with Gasteiger partial charge in [-0.15, -0.1) is 0 Å². The number of hydrogen-bond donors (Lipinski definition) is 0. The topological polar surface area (TPSA) is 9.23 Å². The van der Waals surface area contributed by atoms with Gasteiger partial charge in [0.2, 0.25) is 0 Å². The van der Waals surface area contributed by atoms with Crippen molar-refractivity contribution in [1.29, 1.82) is 0 Å². The van der Waals surface area contributed by atoms with E-state index in [1.54, 1.807) is 0 Å². The lowest BCUT2D eigenvalue weighted by Gasteiger charge is -2.27. The molecule has 1 nitrogen and oxygen atoms in total. The number of unbranched alkanes of at least 4 members (excludes halogenated alkanes) is 5. The Hall–Kier alpha value is -3.93. The van der Waals surface area contributed by atoms with Crippen LogP contribution in [0.2, 0.25) is 0 Å². The summed E-state index contributed by atoms with van der Waals surface area (Å²) >= 11 is 0. The van der Waals surface area contributed by atoms with Crippen LogP contribution in [0.15, 0.2) is 146 Å². The van der Waals surface area contributed by atoms with Crippen LogP contribution in [-0.4, -0.2) is 12.8 Å². The molecular formula is C40H42OP+. The maximum Gasteiger partial charge on any atom is 0.119 e. The molecule has 0 N–H and O–H groups in total. The maximum atomic E-state index is 6.02. The van der Waals surface area contributed by atoms with Crippen LogP contribution in [0.3, 0.4) is 0 Å². The summed E-state index contributed by atoms with van der Waals surface area (Å²) in [5.74, 6) is 0.954. The SMILES string of the molecule is C(=C\c1ccc(OCCCCCCCC[P+](c2ccccc2)(c2ccccc2)c2ccccc2)cc1)/c1ccccc1. The average Bonchev–Trinajstić information content (AvgIpc) is 3.07. The molecule has 212 valence electrons. The van der Waals surface area contributed by atoms with Crippen molar-refractivity contribution in [2.45, 2.75) is 38.5 Å². The molecule has 0 atom stereocenters. The third kappa shape index (κ3) is 8.09. The van der Waals surface area contributed by atoms with Crippen LogP contribution >= 0.6 is 7.26 Å². The molecule has 0 aliphatic heterocycles. The minimum atomic E-state index is -1.70. The molecule has 0 unspecified atom stereocenters. The fourth-order valence-electron chi connectivity index (χ4n) is 5.66. The van der Waals surface area contributed by atoms with E-state index in [1.165, 1.54) is 65.3 Å². The van der Waals surface area contributed by atoms with Crippen LogP contribution in [0.5, 0.6) is 5.75 Å². The summed E-state index contributed by atoms with van der Waals surface area (Å²) in [4.78, 5) is 0. The van der Waals surface area contributed by atoms with Crippen molar-refractivity contribution in [3.05, 3.63) is 157 Å². The number of hydrogen-bond acceptors (Lipinski definition) is 1. The van der Waals surface area contributed by atoms with Gasteiger partial charge in [0.25, 0.3) is 0 Å². The van der Waals surface area contributed by atoms with Crippen molar-refractivity contribution in [2.24, 2.45) is 0 Å². The van der Waals surface area contributed by atoms with Crippen LogP contribution in [0.1, 0.15) is 49.7 Å². The van der Waals surface area contributed by atoms with Crippen molar-refractivity contribution >= 4 is 35.3 Å². The summed E-state index contributed by atoms with van der Waals surface area (Å²) in [6.07, 6.45) is 12.9. The van der Waals surface area contributed by atoms with E-state index in [2.05, 4.69) is 152 Å². The fourth-order valence-corrected chi connectivity index (χ4v) is 10.1. The molecule has 0 aliphatic carbocycles. The second-order valence-electron chi connectivity index (χ2n) is 10.8. The zero-order valence-electron chi connectivity index (χ0n) is 24.5. The number of benzene rings is 5. The lowest BCUT2D eigenvalue weighted by molar-refractivity contribution is 0.304. The number of ether oxygens (including phenoxy) is 1. The Kier molecular flexibility index (Phi) is 11.2. The van der Waals surface area contributed by atoms with Crippen LogP contribution < -0.4 is 20.7 Å². The van der Waals surface area contributed by atoms with Crippen LogP contribution in [0.25, 0.3) is 12.2 Å². The lowest BCUT2D eigenvalue weighted by atomic mass is 10.1. The standard InChI is InChI=1S/C40H42OP/c1(3-17-33-41-37-31-29-36(30-32-37)28-27-35-19-9-5-10-20-35)2-4-18-34-42(38-21-11-6-12-22-38,39-23-13-7-14-24-39)40-25-15-8-16-26-40/h5-16,19-32H,1-4,17-18,33-34H2/q+1/b28-27+. The summed E-state index contributed by atoms with van der Waals surface area (Å²) in [7, 11) is -1.70. The summed E-state index contributed by atoms with van der Waals surface area (Å²) in [6, 6.07) is 52.5. The molecule has 0 amide bonds. The van der Waals surface area contributed by atoms with E-state index in [0.29, 0.717) is 0 Å². The van der Waals surface area contributed by atoms with E-state index in [1.807, 2.05) is 6.07 Å². The van der Waals surface area contributed by atoms with E-state index >= 15 is 0 Å². The van der Waals surface area contributed by atoms with E-state index in [9.17, 15) is 0 Å². The predicted octanol–water partition coefficient (Wildman–Crippen LogP) is 9.57. The van der Waals surface area contributed by atoms with Gasteiger partial charge in [0.1, 0.15) is 28.9 Å². The summed E-state index contributed by atoms with van der Waals surface area (Å²) in [5, 5.41) is 4.46. The van der Waals surface area contributed by atoms with Crippen LogP contribution in [0.4, 0.5) is 0 Å². The second-order valence-corrected chi connectivity index (χ2v) is 14.4. The molecule has 0 spiro atoms. The molecule has 0 aromatic heterocycles. The smallest absolute Gasteiger partial charge is 0.119 e. The molecule has 2 heteroatoms. The molecular weight excluding hydrogens is 527 g/mol. The highest BCUT2D eigenvalue weighted by atomic mass is 31.2. The van der Waals surface area contributed by atoms with Gasteiger partial charge in [0.15, 0.2) is 0 Å². The van der Waals surface area contributed by atoms with Gasteiger partial charge in [0.05, 0.1) is 12.8 Å². The molecule has 0 saturated carbocycles. The van der Waals surface area contributed by atoms with Crippen LogP contribution in [-0.2, 0) is 0 Å². The second kappa shape index (κ2) is 15.9. The van der Waals surface area contributed by atoms with Gasteiger partial charge < -0.3 is 4.74 Å². The van der Waals surface area contributed by atoms with Gasteiger partial charge in [-0.1, -0.05) is 128 Å². The quantitative estimate of drug-likeness (QED) is 0.0693. The Balaban J connectivity index is 1.07. The number of rotatable bonds is 15. The third-order valence-electron chi connectivity index (χ3n) is 7.90. The Morgan fingerprint density at radius 1 is 0.405 bits per heavy atom. The van der Waals surface area contributed by atoms with Gasteiger partial charge in [-0.3, -0.25) is 0 Å². The first-order valence-corrected chi connectivity index (χ1v) is 17.3. The highest BCUT2D eigenvalue weighted by Gasteiger charge is 2.44. The maximum absolute atomic E-state index is 6.02. The first kappa shape index (κ1) is 29.6. The molecule has 0 saturated heterocycles. The average molecular weight is 570 g/mol. The summed E-state index contributed by atoms with van der Waals surface area (Å²) < 4.78 is 6.02. The highest BCUT2D eigenvalue weighted by molar-refractivity contribution is 7.95. The zero-order valence-corrected chi connectivity index (χ0v) is 25.4. The van der Waals surface area contributed by atoms with Gasteiger partial charge >= 0.3 is 0 Å². The predicted molar refractivity (Wildman–Crippen MR) is 185 cm³/mol. The summed E-state index contributed by atoms with van der Waals surface area (Å²) in [5.41, 5.74) is 2.40. The van der Waals surface area contributed by atoms with Crippen LogP contribution in [0, 0.1) is 0 Å². The zero-order chi connectivity index (χ0) is 28.7. The molecule has 42 heavy (non-hydrogen) atoms. The molecule has 5 aromatic carbocycles. The molecule has 0 heterocycles. The van der Waals surface area contributed by atoms with Gasteiger partial charge in [0, 0.05) is 0 Å². The first-order valence-electron chi connectivity index (χ1n) is 15.4. The van der Waals surface area contributed by atoms with Crippen molar-refractivity contribution in [3.8, 4) is 5.75 Å². The Labute approximate surface area is 253 Å². The van der Waals surface area contributed by atoms with Crippen molar-refractivity contribution in [2.75, 3.05) is 12.8 Å². The Morgan fingerprint density at radius 2 is 0.810 bits per heavy atom. The van der Waals surface area contributed by atoms with E-state index in [-0.39, 0.29) is 0 Å². The van der Waals surface area contributed by atoms with Crippen molar-refractivity contribution in [3.63, 3.8) is 0 Å². The van der Waals surface area contributed by atoms with Crippen molar-refractivity contribution in [1.82, 2.24) is 0 Å². The molecule has 5 aromatic rings. The molecule has 0 radical (unpaired) electrons. The molecule has 0 aliphatic rings. The normalized spacial score (nSPS) is 11.5. The Bertz CT molecular complexity index is 1370. The van der Waals surface area contributed by atoms with Gasteiger partial charge in [-0.2, -0.15) is 0 Å². The Morgan fingerprint density at radius 3 is 1.31 bits per heavy atom. The van der Waals surface area contributed by atoms with Crippen molar-refractivity contribution < 1.29 is 4.74 Å².